The molecular formula is C19H17BrF4N2O2. The van der Waals surface area contributed by atoms with Crippen LogP contribution in [-0.4, -0.2) is 32.2 Å². The Bertz CT molecular complexity index is 865. The quantitative estimate of drug-likeness (QED) is 0.699. The minimum Gasteiger partial charge on any atom is -0.378 e. The first kappa shape index (κ1) is 20.6. The van der Waals surface area contributed by atoms with Gasteiger partial charge in [0.15, 0.2) is 0 Å². The summed E-state index contributed by atoms with van der Waals surface area (Å²) in [7, 11) is 0. The van der Waals surface area contributed by atoms with E-state index >= 15 is 0 Å². The molecule has 1 unspecified atom stereocenters. The Labute approximate surface area is 167 Å². The van der Waals surface area contributed by atoms with E-state index in [2.05, 4.69) is 15.9 Å². The Kier molecular flexibility index (Phi) is 5.95. The monoisotopic (exact) mass is 460 g/mol. The number of hydrogen-bond acceptors (Lipinski definition) is 3. The molecule has 9 heteroatoms. The lowest BCUT2D eigenvalue weighted by Crippen LogP contribution is -2.36. The number of ether oxygens (including phenoxy) is 1. The maximum atomic E-state index is 13.9. The van der Waals surface area contributed by atoms with Crippen LogP contribution in [0.1, 0.15) is 22.6 Å². The molecule has 0 aromatic heterocycles. The third-order valence-corrected chi connectivity index (χ3v) is 5.23. The van der Waals surface area contributed by atoms with Crippen LogP contribution in [0, 0.1) is 5.82 Å². The van der Waals surface area contributed by atoms with Gasteiger partial charge in [-0.2, -0.15) is 13.2 Å². The van der Waals surface area contributed by atoms with Gasteiger partial charge in [0.1, 0.15) is 5.82 Å². The summed E-state index contributed by atoms with van der Waals surface area (Å²) in [5, 5.41) is 0. The SMILES string of the molecule is NC(=O)C(c1ccc(F)cc1)c1c(Br)cc(N2CCOCC2)cc1C(F)(F)F. The summed E-state index contributed by atoms with van der Waals surface area (Å²) < 4.78 is 60.3. The number of halogens is 5. The van der Waals surface area contributed by atoms with Crippen molar-refractivity contribution in [1.29, 1.82) is 0 Å². The fraction of sp³-hybridized carbons (Fsp3) is 0.316. The van der Waals surface area contributed by atoms with Crippen LogP contribution in [0.5, 0.6) is 0 Å². The van der Waals surface area contributed by atoms with Crippen molar-refractivity contribution in [3.8, 4) is 0 Å². The van der Waals surface area contributed by atoms with Gasteiger partial charge in [0.25, 0.3) is 0 Å². The predicted molar refractivity (Wildman–Crippen MR) is 99.6 cm³/mol. The Morgan fingerprint density at radius 3 is 2.29 bits per heavy atom. The van der Waals surface area contributed by atoms with Crippen LogP contribution in [0.4, 0.5) is 23.2 Å². The lowest BCUT2D eigenvalue weighted by molar-refractivity contribution is -0.138. The largest absolute Gasteiger partial charge is 0.416 e. The molecule has 1 heterocycles. The van der Waals surface area contributed by atoms with Gasteiger partial charge < -0.3 is 15.4 Å². The van der Waals surface area contributed by atoms with Crippen LogP contribution in [0.3, 0.4) is 0 Å². The maximum Gasteiger partial charge on any atom is 0.416 e. The first-order chi connectivity index (χ1) is 13.2. The number of anilines is 1. The molecular weight excluding hydrogens is 444 g/mol. The number of hydrogen-bond donors (Lipinski definition) is 1. The molecule has 2 aromatic carbocycles. The minimum atomic E-state index is -4.71. The van der Waals surface area contributed by atoms with Gasteiger partial charge in [0, 0.05) is 23.2 Å². The molecule has 150 valence electrons. The molecule has 0 bridgehead atoms. The molecule has 3 rings (SSSR count). The van der Waals surface area contributed by atoms with E-state index in [1.165, 1.54) is 18.2 Å². The van der Waals surface area contributed by atoms with E-state index in [-0.39, 0.29) is 15.6 Å². The first-order valence-electron chi connectivity index (χ1n) is 8.46. The Morgan fingerprint density at radius 2 is 1.75 bits per heavy atom. The van der Waals surface area contributed by atoms with E-state index in [1.54, 1.807) is 4.90 Å². The molecule has 4 nitrogen and oxygen atoms in total. The highest BCUT2D eigenvalue weighted by molar-refractivity contribution is 9.10. The highest BCUT2D eigenvalue weighted by atomic mass is 79.9. The van der Waals surface area contributed by atoms with Crippen molar-refractivity contribution >= 4 is 27.5 Å². The Hall–Kier alpha value is -2.13. The van der Waals surface area contributed by atoms with Gasteiger partial charge in [-0.05, 0) is 35.4 Å². The van der Waals surface area contributed by atoms with Crippen molar-refractivity contribution in [2.24, 2.45) is 5.73 Å². The number of carbonyl (C=O) groups is 1. The molecule has 1 aliphatic rings. The molecule has 0 spiro atoms. The van der Waals surface area contributed by atoms with E-state index in [4.69, 9.17) is 10.5 Å². The first-order valence-corrected chi connectivity index (χ1v) is 9.26. The molecule has 2 N–H and O–H groups in total. The number of carbonyl (C=O) groups excluding carboxylic acids is 1. The minimum absolute atomic E-state index is 0.108. The van der Waals surface area contributed by atoms with Gasteiger partial charge >= 0.3 is 6.18 Å². The van der Waals surface area contributed by atoms with Crippen molar-refractivity contribution in [1.82, 2.24) is 0 Å². The van der Waals surface area contributed by atoms with Crippen LogP contribution in [0.2, 0.25) is 0 Å². The Morgan fingerprint density at radius 1 is 1.14 bits per heavy atom. The molecule has 1 fully saturated rings. The average Bonchev–Trinajstić information content (AvgIpc) is 2.64. The van der Waals surface area contributed by atoms with Crippen LogP contribution in [0.15, 0.2) is 40.9 Å². The van der Waals surface area contributed by atoms with Crippen molar-refractivity contribution in [2.45, 2.75) is 12.1 Å². The van der Waals surface area contributed by atoms with Gasteiger partial charge in [-0.15, -0.1) is 0 Å². The lowest BCUT2D eigenvalue weighted by atomic mass is 9.87. The summed E-state index contributed by atoms with van der Waals surface area (Å²) >= 11 is 3.20. The number of rotatable bonds is 4. The zero-order chi connectivity index (χ0) is 20.5. The van der Waals surface area contributed by atoms with E-state index < -0.39 is 29.4 Å². The number of benzene rings is 2. The number of nitrogens with zero attached hydrogens (tertiary/aromatic N) is 1. The molecule has 1 aliphatic heterocycles. The van der Waals surface area contributed by atoms with Crippen LogP contribution in [-0.2, 0) is 15.7 Å². The standard InChI is InChI=1S/C19H17BrF4N2O2/c20-15-10-13(26-5-7-28-8-6-26)9-14(19(22,23)24)17(15)16(18(25)27)11-1-3-12(21)4-2-11/h1-4,9-10,16H,5-8H2,(H2,25,27). The van der Waals surface area contributed by atoms with Gasteiger partial charge in [-0.25, -0.2) is 4.39 Å². The summed E-state index contributed by atoms with van der Waals surface area (Å²) in [6.07, 6.45) is -4.71. The lowest BCUT2D eigenvalue weighted by Gasteiger charge is -2.31. The van der Waals surface area contributed by atoms with Crippen LogP contribution in [0.25, 0.3) is 0 Å². The third-order valence-electron chi connectivity index (χ3n) is 4.57. The van der Waals surface area contributed by atoms with E-state index in [0.29, 0.717) is 32.0 Å². The fourth-order valence-corrected chi connectivity index (χ4v) is 3.94. The molecule has 2 aromatic rings. The molecule has 1 amide bonds. The second kappa shape index (κ2) is 8.08. The topological polar surface area (TPSA) is 55.6 Å². The normalized spacial score (nSPS) is 16.1. The summed E-state index contributed by atoms with van der Waals surface area (Å²) in [6.45, 7) is 1.75. The predicted octanol–water partition coefficient (Wildman–Crippen LogP) is 4.06. The summed E-state index contributed by atoms with van der Waals surface area (Å²) in [6, 6.07) is 7.23. The van der Waals surface area contributed by atoms with Crippen molar-refractivity contribution in [3.05, 3.63) is 63.4 Å². The maximum absolute atomic E-state index is 13.9. The molecule has 0 aliphatic carbocycles. The van der Waals surface area contributed by atoms with Crippen molar-refractivity contribution < 1.29 is 27.1 Å². The average molecular weight is 461 g/mol. The number of amides is 1. The summed E-state index contributed by atoms with van der Waals surface area (Å²) in [4.78, 5) is 13.9. The number of primary amides is 1. The van der Waals surface area contributed by atoms with Gasteiger partial charge in [0.2, 0.25) is 5.91 Å². The second-order valence-corrected chi connectivity index (χ2v) is 7.23. The van der Waals surface area contributed by atoms with Crippen molar-refractivity contribution in [2.75, 3.05) is 31.2 Å². The fourth-order valence-electron chi connectivity index (χ4n) is 3.26. The Balaban J connectivity index is 2.17. The molecule has 1 atom stereocenters. The van der Waals surface area contributed by atoms with Crippen molar-refractivity contribution in [3.63, 3.8) is 0 Å². The molecule has 1 saturated heterocycles. The van der Waals surface area contributed by atoms with Crippen LogP contribution >= 0.6 is 15.9 Å². The van der Waals surface area contributed by atoms with E-state index in [9.17, 15) is 22.4 Å². The smallest absolute Gasteiger partial charge is 0.378 e. The van der Waals surface area contributed by atoms with Gasteiger partial charge in [-0.3, -0.25) is 4.79 Å². The van der Waals surface area contributed by atoms with Gasteiger partial charge in [-0.1, -0.05) is 28.1 Å². The molecule has 0 saturated carbocycles. The third kappa shape index (κ3) is 4.30. The summed E-state index contributed by atoms with van der Waals surface area (Å²) in [5.41, 5.74) is 4.75. The molecule has 28 heavy (non-hydrogen) atoms. The highest BCUT2D eigenvalue weighted by Crippen LogP contribution is 2.43. The van der Waals surface area contributed by atoms with E-state index in [0.717, 1.165) is 18.2 Å². The zero-order valence-electron chi connectivity index (χ0n) is 14.6. The number of alkyl halides is 3. The zero-order valence-corrected chi connectivity index (χ0v) is 16.2. The number of nitrogens with two attached hydrogens (primary N) is 1. The molecule has 0 radical (unpaired) electrons. The highest BCUT2D eigenvalue weighted by Gasteiger charge is 2.39. The number of morpholine rings is 1. The van der Waals surface area contributed by atoms with E-state index in [1.807, 2.05) is 0 Å². The second-order valence-electron chi connectivity index (χ2n) is 6.37. The summed E-state index contributed by atoms with van der Waals surface area (Å²) in [5.74, 6) is -2.91. The van der Waals surface area contributed by atoms with Crippen LogP contribution < -0.4 is 10.6 Å². The van der Waals surface area contributed by atoms with Gasteiger partial charge in [0.05, 0.1) is 24.7 Å².